The molecule has 2 aromatic carbocycles. The summed E-state index contributed by atoms with van der Waals surface area (Å²) in [7, 11) is 3.44. The van der Waals surface area contributed by atoms with Crippen LogP contribution >= 0.6 is 0 Å². The van der Waals surface area contributed by atoms with Crippen LogP contribution in [-0.2, 0) is 0 Å². The van der Waals surface area contributed by atoms with Crippen LogP contribution in [0.3, 0.4) is 0 Å². The number of hydrogen-bond donors (Lipinski definition) is 2. The number of anilines is 4. The van der Waals surface area contributed by atoms with Crippen molar-refractivity contribution in [3.63, 3.8) is 0 Å². The number of hydrogen-bond acceptors (Lipinski definition) is 7. The maximum absolute atomic E-state index is 12.1. The minimum absolute atomic E-state index is 0.0693. The van der Waals surface area contributed by atoms with Gasteiger partial charge < -0.3 is 25.0 Å². The van der Waals surface area contributed by atoms with Gasteiger partial charge in [-0.2, -0.15) is 4.98 Å². The summed E-state index contributed by atoms with van der Waals surface area (Å²) in [6.45, 7) is 0.201. The molecule has 1 amide bonds. The number of carbonyl (C=O) groups is 1. The highest BCUT2D eigenvalue weighted by Gasteiger charge is 2.17. The first-order valence-electron chi connectivity index (χ1n) is 8.67. The monoisotopic (exact) mass is 377 g/mol. The van der Waals surface area contributed by atoms with E-state index < -0.39 is 0 Å². The zero-order chi connectivity index (χ0) is 19.5. The Morgan fingerprint density at radius 3 is 2.79 bits per heavy atom. The van der Waals surface area contributed by atoms with E-state index in [4.69, 9.17) is 9.47 Å². The van der Waals surface area contributed by atoms with E-state index in [0.29, 0.717) is 28.8 Å². The number of fused-ring (bicyclic) bond motifs is 1. The van der Waals surface area contributed by atoms with E-state index >= 15 is 0 Å². The maximum atomic E-state index is 12.1. The average Bonchev–Trinajstić information content (AvgIpc) is 3.18. The van der Waals surface area contributed by atoms with Crippen molar-refractivity contribution in [1.82, 2.24) is 14.9 Å². The van der Waals surface area contributed by atoms with Gasteiger partial charge in [-0.3, -0.25) is 4.79 Å². The molecule has 1 aromatic heterocycles. The number of para-hydroxylation sites is 1. The number of benzene rings is 2. The first-order chi connectivity index (χ1) is 13.6. The highest BCUT2D eigenvalue weighted by molar-refractivity contribution is 5.94. The lowest BCUT2D eigenvalue weighted by molar-refractivity contribution is 0.0827. The third-order valence-corrected chi connectivity index (χ3v) is 4.09. The third kappa shape index (κ3) is 3.66. The van der Waals surface area contributed by atoms with Crippen LogP contribution in [-0.4, -0.2) is 41.7 Å². The Morgan fingerprint density at radius 2 is 1.93 bits per heavy atom. The molecule has 142 valence electrons. The Bertz CT molecular complexity index is 1020. The molecule has 8 heteroatoms. The summed E-state index contributed by atoms with van der Waals surface area (Å²) in [4.78, 5) is 22.4. The number of nitrogens with one attached hydrogen (secondary N) is 2. The highest BCUT2D eigenvalue weighted by Crippen LogP contribution is 2.39. The van der Waals surface area contributed by atoms with Gasteiger partial charge in [0.05, 0.1) is 5.69 Å². The van der Waals surface area contributed by atoms with Gasteiger partial charge >= 0.3 is 0 Å². The fraction of sp³-hybridized carbons (Fsp3) is 0.150. The average molecular weight is 377 g/mol. The smallest absolute Gasteiger partial charge is 0.253 e. The Balaban J connectivity index is 1.53. The van der Waals surface area contributed by atoms with Crippen LogP contribution in [0.25, 0.3) is 0 Å². The summed E-state index contributed by atoms with van der Waals surface area (Å²) in [5.41, 5.74) is 2.07. The fourth-order valence-corrected chi connectivity index (χ4v) is 2.77. The number of nitrogens with zero attached hydrogens (tertiary/aromatic N) is 3. The number of ether oxygens (including phenoxy) is 2. The molecule has 0 spiro atoms. The third-order valence-electron chi connectivity index (χ3n) is 4.09. The van der Waals surface area contributed by atoms with Gasteiger partial charge in [0, 0.05) is 31.5 Å². The second-order valence-corrected chi connectivity index (χ2v) is 6.34. The van der Waals surface area contributed by atoms with E-state index in [1.807, 2.05) is 30.3 Å². The number of amides is 1. The van der Waals surface area contributed by atoms with Crippen molar-refractivity contribution in [1.29, 1.82) is 0 Å². The van der Waals surface area contributed by atoms with Crippen LogP contribution in [0.1, 0.15) is 10.4 Å². The van der Waals surface area contributed by atoms with Gasteiger partial charge in [0.25, 0.3) is 5.91 Å². The molecule has 4 rings (SSSR count). The van der Waals surface area contributed by atoms with Crippen LogP contribution in [0.15, 0.2) is 54.7 Å². The van der Waals surface area contributed by atoms with Crippen molar-refractivity contribution in [2.45, 2.75) is 0 Å². The largest absolute Gasteiger partial charge is 0.454 e. The molecule has 0 saturated heterocycles. The second-order valence-electron chi connectivity index (χ2n) is 6.34. The molecule has 28 heavy (non-hydrogen) atoms. The highest BCUT2D eigenvalue weighted by atomic mass is 16.7. The Kier molecular flexibility index (Phi) is 4.67. The molecule has 0 atom stereocenters. The lowest BCUT2D eigenvalue weighted by Crippen LogP contribution is -2.21. The molecule has 8 nitrogen and oxygen atoms in total. The first kappa shape index (κ1) is 17.6. The SMILES string of the molecule is CN(C)C(=O)c1cccc(Nc2nccc(Nc3cccc4c3OCO4)n2)c1. The van der Waals surface area contributed by atoms with Gasteiger partial charge in [-0.25, -0.2) is 4.98 Å². The Hall–Kier alpha value is -3.81. The van der Waals surface area contributed by atoms with Gasteiger partial charge in [0.15, 0.2) is 11.5 Å². The van der Waals surface area contributed by atoms with E-state index in [2.05, 4.69) is 20.6 Å². The van der Waals surface area contributed by atoms with E-state index in [1.165, 1.54) is 4.90 Å². The molecule has 0 radical (unpaired) electrons. The topological polar surface area (TPSA) is 88.6 Å². The maximum Gasteiger partial charge on any atom is 0.253 e. The molecular weight excluding hydrogens is 358 g/mol. The van der Waals surface area contributed by atoms with Gasteiger partial charge in [0.2, 0.25) is 12.7 Å². The van der Waals surface area contributed by atoms with E-state index in [0.717, 1.165) is 11.4 Å². The van der Waals surface area contributed by atoms with Crippen LogP contribution in [0.2, 0.25) is 0 Å². The molecular formula is C20H19N5O3. The summed E-state index contributed by atoms with van der Waals surface area (Å²) in [6, 6.07) is 14.6. The molecule has 3 aromatic rings. The zero-order valence-electron chi connectivity index (χ0n) is 15.5. The van der Waals surface area contributed by atoms with E-state index in [9.17, 15) is 4.79 Å². The Morgan fingerprint density at radius 1 is 1.07 bits per heavy atom. The predicted molar refractivity (Wildman–Crippen MR) is 106 cm³/mol. The van der Waals surface area contributed by atoms with Crippen molar-refractivity contribution in [3.05, 3.63) is 60.3 Å². The van der Waals surface area contributed by atoms with Crippen LogP contribution in [0, 0.1) is 0 Å². The summed E-state index contributed by atoms with van der Waals surface area (Å²) in [5, 5.41) is 6.35. The molecule has 0 fully saturated rings. The van der Waals surface area contributed by atoms with Gasteiger partial charge in [-0.15, -0.1) is 0 Å². The lowest BCUT2D eigenvalue weighted by Gasteiger charge is -2.12. The molecule has 1 aliphatic heterocycles. The van der Waals surface area contributed by atoms with Crippen LogP contribution < -0.4 is 20.1 Å². The zero-order valence-corrected chi connectivity index (χ0v) is 15.5. The predicted octanol–water partition coefficient (Wildman–Crippen LogP) is 3.39. The van der Waals surface area contributed by atoms with Crippen molar-refractivity contribution < 1.29 is 14.3 Å². The number of rotatable bonds is 5. The van der Waals surface area contributed by atoms with Gasteiger partial charge in [0.1, 0.15) is 5.82 Å². The van der Waals surface area contributed by atoms with Crippen molar-refractivity contribution in [2.24, 2.45) is 0 Å². The van der Waals surface area contributed by atoms with E-state index in [1.54, 1.807) is 38.5 Å². The lowest BCUT2D eigenvalue weighted by atomic mass is 10.2. The standard InChI is InChI=1S/C20H19N5O3/c1-25(2)19(26)13-5-3-6-14(11-13)22-20-21-10-9-17(24-20)23-15-7-4-8-16-18(15)28-12-27-16/h3-11H,12H2,1-2H3,(H2,21,22,23,24). The van der Waals surface area contributed by atoms with Gasteiger partial charge in [-0.1, -0.05) is 12.1 Å². The number of aromatic nitrogens is 2. The van der Waals surface area contributed by atoms with Crippen LogP contribution in [0.4, 0.5) is 23.1 Å². The fourth-order valence-electron chi connectivity index (χ4n) is 2.77. The van der Waals surface area contributed by atoms with Crippen molar-refractivity contribution in [2.75, 3.05) is 31.5 Å². The molecule has 0 unspecified atom stereocenters. The summed E-state index contributed by atoms with van der Waals surface area (Å²) >= 11 is 0. The minimum Gasteiger partial charge on any atom is -0.454 e. The minimum atomic E-state index is -0.0693. The van der Waals surface area contributed by atoms with Gasteiger partial charge in [-0.05, 0) is 36.4 Å². The number of carbonyl (C=O) groups excluding carboxylic acids is 1. The quantitative estimate of drug-likeness (QED) is 0.704. The molecule has 0 bridgehead atoms. The summed E-state index contributed by atoms with van der Waals surface area (Å²) in [5.74, 6) is 2.29. The summed E-state index contributed by atoms with van der Waals surface area (Å²) < 4.78 is 10.9. The van der Waals surface area contributed by atoms with Crippen molar-refractivity contribution >= 4 is 29.0 Å². The first-order valence-corrected chi connectivity index (χ1v) is 8.67. The Labute approximate surface area is 162 Å². The second kappa shape index (κ2) is 7.43. The van der Waals surface area contributed by atoms with Crippen molar-refractivity contribution in [3.8, 4) is 11.5 Å². The molecule has 2 N–H and O–H groups in total. The molecule has 2 heterocycles. The summed E-state index contributed by atoms with van der Waals surface area (Å²) in [6.07, 6.45) is 1.65. The van der Waals surface area contributed by atoms with Crippen LogP contribution in [0.5, 0.6) is 11.5 Å². The molecule has 0 saturated carbocycles. The van der Waals surface area contributed by atoms with E-state index in [-0.39, 0.29) is 12.7 Å². The molecule has 1 aliphatic rings. The normalized spacial score (nSPS) is 11.8. The molecule has 0 aliphatic carbocycles.